The lowest BCUT2D eigenvalue weighted by atomic mass is 10.1. The fourth-order valence-electron chi connectivity index (χ4n) is 3.76. The first kappa shape index (κ1) is 16.9. The number of hydrogen-bond acceptors (Lipinski definition) is 3. The van der Waals surface area contributed by atoms with Gasteiger partial charge in [-0.1, -0.05) is 6.42 Å². The number of benzene rings is 1. The highest BCUT2D eigenvalue weighted by molar-refractivity contribution is 5.94. The summed E-state index contributed by atoms with van der Waals surface area (Å²) in [5.74, 6) is 0.829. The van der Waals surface area contributed by atoms with E-state index in [0.29, 0.717) is 19.4 Å². The van der Waals surface area contributed by atoms with Crippen molar-refractivity contribution in [3.05, 3.63) is 41.0 Å². The van der Waals surface area contributed by atoms with Crippen molar-refractivity contribution >= 4 is 11.7 Å². The van der Waals surface area contributed by atoms with Crippen LogP contribution in [0.2, 0.25) is 0 Å². The highest BCUT2D eigenvalue weighted by atomic mass is 19.1. The largest absolute Gasteiger partial charge is 0.337 e. The smallest absolute Gasteiger partial charge is 0.322 e. The van der Waals surface area contributed by atoms with Crippen LogP contribution in [0.1, 0.15) is 36.5 Å². The van der Waals surface area contributed by atoms with E-state index in [4.69, 9.17) is 0 Å². The molecular formula is C18H21F2N5O. The van der Waals surface area contributed by atoms with E-state index in [2.05, 4.69) is 20.1 Å². The zero-order chi connectivity index (χ0) is 18.1. The molecule has 0 atom stereocenters. The molecule has 2 amide bonds. The van der Waals surface area contributed by atoms with Gasteiger partial charge in [-0.25, -0.2) is 13.6 Å². The summed E-state index contributed by atoms with van der Waals surface area (Å²) in [5, 5.41) is 11.3. The van der Waals surface area contributed by atoms with Crippen molar-refractivity contribution in [2.75, 3.05) is 18.0 Å². The molecule has 138 valence electrons. The van der Waals surface area contributed by atoms with Crippen molar-refractivity contribution in [1.82, 2.24) is 20.1 Å². The number of fused-ring (bicyclic) bond motifs is 2. The van der Waals surface area contributed by atoms with E-state index in [1.54, 1.807) is 0 Å². The van der Waals surface area contributed by atoms with Gasteiger partial charge in [0.05, 0.1) is 5.69 Å². The Balaban J connectivity index is 1.39. The molecule has 2 aliphatic rings. The molecule has 2 aliphatic heterocycles. The first-order valence-electron chi connectivity index (χ1n) is 9.08. The molecule has 0 radical (unpaired) electrons. The van der Waals surface area contributed by atoms with Crippen LogP contribution in [0, 0.1) is 11.6 Å². The summed E-state index contributed by atoms with van der Waals surface area (Å²) in [6.07, 6.45) is 5.26. The third-order valence-corrected chi connectivity index (χ3v) is 5.09. The summed E-state index contributed by atoms with van der Waals surface area (Å²) in [4.78, 5) is 13.7. The normalized spacial score (nSPS) is 16.2. The van der Waals surface area contributed by atoms with E-state index < -0.39 is 17.7 Å². The second kappa shape index (κ2) is 7.01. The maximum Gasteiger partial charge on any atom is 0.322 e. The third kappa shape index (κ3) is 3.04. The molecule has 0 aliphatic carbocycles. The SMILES string of the molecule is O=C(NCCc1nnc2n1CCCCC2)N1CCc2c(F)ccc(F)c21. The number of urea groups is 1. The van der Waals surface area contributed by atoms with Gasteiger partial charge >= 0.3 is 6.03 Å². The Kier molecular flexibility index (Phi) is 4.57. The fraction of sp³-hybridized carbons (Fsp3) is 0.500. The molecular weight excluding hydrogens is 340 g/mol. The zero-order valence-electron chi connectivity index (χ0n) is 14.5. The van der Waals surface area contributed by atoms with Crippen molar-refractivity contribution in [1.29, 1.82) is 0 Å². The topological polar surface area (TPSA) is 63.1 Å². The molecule has 1 aromatic heterocycles. The second-order valence-electron chi connectivity index (χ2n) is 6.73. The number of hydrogen-bond donors (Lipinski definition) is 1. The van der Waals surface area contributed by atoms with Crippen LogP contribution in [0.25, 0.3) is 0 Å². The fourth-order valence-corrected chi connectivity index (χ4v) is 3.76. The van der Waals surface area contributed by atoms with Gasteiger partial charge in [0.15, 0.2) is 0 Å². The molecule has 1 aromatic carbocycles. The van der Waals surface area contributed by atoms with Gasteiger partial charge in [0.2, 0.25) is 0 Å². The van der Waals surface area contributed by atoms with Crippen LogP contribution in [-0.2, 0) is 25.8 Å². The van der Waals surface area contributed by atoms with E-state index in [-0.39, 0.29) is 17.8 Å². The molecule has 1 N–H and O–H groups in total. The molecule has 0 fully saturated rings. The number of nitrogens with one attached hydrogen (secondary N) is 1. The van der Waals surface area contributed by atoms with Crippen molar-refractivity contribution < 1.29 is 13.6 Å². The van der Waals surface area contributed by atoms with Crippen LogP contribution < -0.4 is 10.2 Å². The van der Waals surface area contributed by atoms with Crippen molar-refractivity contribution in [2.45, 2.75) is 45.1 Å². The summed E-state index contributed by atoms with van der Waals surface area (Å²) in [6.45, 7) is 1.56. The van der Waals surface area contributed by atoms with Crippen LogP contribution in [0.3, 0.4) is 0 Å². The van der Waals surface area contributed by atoms with Crippen molar-refractivity contribution in [2.24, 2.45) is 0 Å². The minimum absolute atomic E-state index is 0.0545. The number of aromatic nitrogens is 3. The van der Waals surface area contributed by atoms with Gasteiger partial charge < -0.3 is 9.88 Å². The van der Waals surface area contributed by atoms with Crippen molar-refractivity contribution in [3.8, 4) is 0 Å². The number of halogens is 2. The zero-order valence-corrected chi connectivity index (χ0v) is 14.5. The molecule has 0 saturated carbocycles. The maximum absolute atomic E-state index is 14.0. The predicted octanol–water partition coefficient (Wildman–Crippen LogP) is 2.60. The number of nitrogens with zero attached hydrogens (tertiary/aromatic N) is 4. The molecule has 0 bridgehead atoms. The van der Waals surface area contributed by atoms with Gasteiger partial charge in [-0.15, -0.1) is 10.2 Å². The minimum atomic E-state index is -0.572. The monoisotopic (exact) mass is 361 g/mol. The first-order valence-corrected chi connectivity index (χ1v) is 9.08. The molecule has 0 saturated heterocycles. The van der Waals surface area contributed by atoms with Crippen LogP contribution in [-0.4, -0.2) is 33.9 Å². The molecule has 0 spiro atoms. The van der Waals surface area contributed by atoms with Crippen LogP contribution >= 0.6 is 0 Å². The Labute approximate surface area is 150 Å². The Morgan fingerprint density at radius 3 is 2.81 bits per heavy atom. The number of amides is 2. The average Bonchev–Trinajstić information content (AvgIpc) is 3.17. The Bertz CT molecular complexity index is 835. The number of aryl methyl sites for hydroxylation is 1. The molecule has 8 heteroatoms. The van der Waals surface area contributed by atoms with Crippen LogP contribution in [0.4, 0.5) is 19.3 Å². The number of carbonyl (C=O) groups is 1. The lowest BCUT2D eigenvalue weighted by Gasteiger charge is -2.18. The highest BCUT2D eigenvalue weighted by Crippen LogP contribution is 2.32. The van der Waals surface area contributed by atoms with Gasteiger partial charge in [0.25, 0.3) is 0 Å². The van der Waals surface area contributed by atoms with Crippen LogP contribution in [0.15, 0.2) is 12.1 Å². The van der Waals surface area contributed by atoms with Gasteiger partial charge in [-0.3, -0.25) is 4.90 Å². The van der Waals surface area contributed by atoms with E-state index in [1.807, 2.05) is 0 Å². The van der Waals surface area contributed by atoms with Crippen LogP contribution in [0.5, 0.6) is 0 Å². The standard InChI is InChI=1S/C18H21F2N5O/c19-13-5-6-14(20)17-12(13)8-11-25(17)18(26)21-9-7-16-23-22-15-4-2-1-3-10-24(15)16/h5-6H,1-4,7-11H2,(H,21,26). The molecule has 4 rings (SSSR count). The Morgan fingerprint density at radius 1 is 1.08 bits per heavy atom. The summed E-state index contributed by atoms with van der Waals surface area (Å²) in [5.41, 5.74) is 0.321. The van der Waals surface area contributed by atoms with Crippen molar-refractivity contribution in [3.63, 3.8) is 0 Å². The lowest BCUT2D eigenvalue weighted by molar-refractivity contribution is 0.246. The first-order chi connectivity index (χ1) is 12.6. The van der Waals surface area contributed by atoms with E-state index >= 15 is 0 Å². The lowest BCUT2D eigenvalue weighted by Crippen LogP contribution is -2.40. The number of anilines is 1. The quantitative estimate of drug-likeness (QED) is 0.914. The summed E-state index contributed by atoms with van der Waals surface area (Å²) >= 11 is 0. The number of rotatable bonds is 3. The number of carbonyl (C=O) groups excluding carboxylic acids is 1. The summed E-state index contributed by atoms with van der Waals surface area (Å²) in [7, 11) is 0. The second-order valence-corrected chi connectivity index (χ2v) is 6.73. The molecule has 2 aromatic rings. The van der Waals surface area contributed by atoms with Gasteiger partial charge in [-0.05, 0) is 31.4 Å². The van der Waals surface area contributed by atoms with Gasteiger partial charge in [0, 0.05) is 38.0 Å². The average molecular weight is 361 g/mol. The predicted molar refractivity (Wildman–Crippen MR) is 92.1 cm³/mol. The molecule has 3 heterocycles. The van der Waals surface area contributed by atoms with Gasteiger partial charge in [0.1, 0.15) is 23.3 Å². The van der Waals surface area contributed by atoms with E-state index in [1.165, 1.54) is 11.3 Å². The van der Waals surface area contributed by atoms with E-state index in [0.717, 1.165) is 49.6 Å². The highest BCUT2D eigenvalue weighted by Gasteiger charge is 2.30. The Hall–Kier alpha value is -2.51. The van der Waals surface area contributed by atoms with E-state index in [9.17, 15) is 13.6 Å². The maximum atomic E-state index is 14.0. The summed E-state index contributed by atoms with van der Waals surface area (Å²) in [6, 6.07) is 1.75. The minimum Gasteiger partial charge on any atom is -0.337 e. The third-order valence-electron chi connectivity index (χ3n) is 5.09. The molecule has 0 unspecified atom stereocenters. The molecule has 6 nitrogen and oxygen atoms in total. The summed E-state index contributed by atoms with van der Waals surface area (Å²) < 4.78 is 30.0. The molecule has 26 heavy (non-hydrogen) atoms. The Morgan fingerprint density at radius 2 is 1.92 bits per heavy atom. The van der Waals surface area contributed by atoms with Gasteiger partial charge in [-0.2, -0.15) is 0 Å².